The zero-order valence-corrected chi connectivity index (χ0v) is 16.0. The van der Waals surface area contributed by atoms with E-state index < -0.39 is 5.91 Å². The molecule has 0 saturated carbocycles. The Balaban J connectivity index is 1.62. The van der Waals surface area contributed by atoms with Crippen molar-refractivity contribution in [1.82, 2.24) is 0 Å². The van der Waals surface area contributed by atoms with Crippen LogP contribution in [0.1, 0.15) is 5.56 Å². The second-order valence-electron chi connectivity index (χ2n) is 6.27. The van der Waals surface area contributed by atoms with E-state index in [1.165, 1.54) is 6.08 Å². The third-order valence-corrected chi connectivity index (χ3v) is 3.99. The first kappa shape index (κ1) is 20.4. The Hall–Kier alpha value is -4.37. The molecular formula is C24H19N3O3. The molecule has 3 aromatic rings. The molecule has 0 radical (unpaired) electrons. The van der Waals surface area contributed by atoms with Gasteiger partial charge in [0.25, 0.3) is 11.8 Å². The number of nitrogens with zero attached hydrogens (tertiary/aromatic N) is 1. The van der Waals surface area contributed by atoms with E-state index in [0.29, 0.717) is 22.7 Å². The smallest absolute Gasteiger partial charge is 0.266 e. The van der Waals surface area contributed by atoms with Crippen LogP contribution in [0.15, 0.2) is 90.5 Å². The van der Waals surface area contributed by atoms with Gasteiger partial charge in [-0.1, -0.05) is 48.5 Å². The van der Waals surface area contributed by atoms with Gasteiger partial charge >= 0.3 is 0 Å². The van der Waals surface area contributed by atoms with Gasteiger partial charge in [0, 0.05) is 11.4 Å². The average Bonchev–Trinajstić information content (AvgIpc) is 2.77. The summed E-state index contributed by atoms with van der Waals surface area (Å²) in [6.07, 6.45) is 1.47. The molecule has 0 unspecified atom stereocenters. The van der Waals surface area contributed by atoms with Crippen molar-refractivity contribution in [3.63, 3.8) is 0 Å². The molecule has 148 valence electrons. The predicted octanol–water partition coefficient (Wildman–Crippen LogP) is 4.25. The first-order valence-corrected chi connectivity index (χ1v) is 9.20. The number of amides is 2. The molecule has 30 heavy (non-hydrogen) atoms. The maximum atomic E-state index is 12.3. The molecule has 0 spiro atoms. The summed E-state index contributed by atoms with van der Waals surface area (Å²) in [5.41, 5.74) is 1.85. The fraction of sp³-hybridized carbons (Fsp3) is 0.0417. The number of ether oxygens (including phenoxy) is 1. The first-order valence-electron chi connectivity index (χ1n) is 9.20. The highest BCUT2D eigenvalue weighted by molar-refractivity contribution is 6.09. The van der Waals surface area contributed by atoms with Gasteiger partial charge in [-0.2, -0.15) is 5.26 Å². The fourth-order valence-corrected chi connectivity index (χ4v) is 2.60. The van der Waals surface area contributed by atoms with E-state index in [4.69, 9.17) is 4.74 Å². The van der Waals surface area contributed by atoms with Crippen LogP contribution in [0.5, 0.6) is 5.75 Å². The largest absolute Gasteiger partial charge is 0.484 e. The van der Waals surface area contributed by atoms with Crippen LogP contribution >= 0.6 is 0 Å². The first-order chi connectivity index (χ1) is 14.6. The third-order valence-electron chi connectivity index (χ3n) is 3.99. The number of rotatable bonds is 7. The van der Waals surface area contributed by atoms with E-state index in [-0.39, 0.29) is 18.1 Å². The van der Waals surface area contributed by atoms with Crippen molar-refractivity contribution in [3.8, 4) is 11.8 Å². The van der Waals surface area contributed by atoms with E-state index in [0.717, 1.165) is 0 Å². The molecule has 6 heteroatoms. The molecule has 0 aliphatic heterocycles. The minimum Gasteiger partial charge on any atom is -0.484 e. The summed E-state index contributed by atoms with van der Waals surface area (Å²) in [6, 6.07) is 26.7. The number of para-hydroxylation sites is 2. The van der Waals surface area contributed by atoms with E-state index in [1.807, 2.05) is 30.3 Å². The third kappa shape index (κ3) is 6.08. The van der Waals surface area contributed by atoms with Gasteiger partial charge in [-0.05, 0) is 48.0 Å². The summed E-state index contributed by atoms with van der Waals surface area (Å²) in [7, 11) is 0. The lowest BCUT2D eigenvalue weighted by Gasteiger charge is -2.08. The van der Waals surface area contributed by atoms with Crippen LogP contribution in [-0.4, -0.2) is 18.4 Å². The second-order valence-corrected chi connectivity index (χ2v) is 6.27. The SMILES string of the molecule is N#C/C(=C\c1cccc(OCC(=O)Nc2ccccc2)c1)C(=O)Nc1ccccc1. The standard InChI is InChI=1S/C24H19N3O3/c25-16-19(24(29)27-21-11-5-2-6-12-21)14-18-8-7-13-22(15-18)30-17-23(28)26-20-9-3-1-4-10-20/h1-15H,17H2,(H,26,28)(H,27,29)/b19-14+. The monoisotopic (exact) mass is 397 g/mol. The quantitative estimate of drug-likeness (QED) is 0.461. The molecule has 0 fully saturated rings. The minimum absolute atomic E-state index is 0.0437. The molecule has 2 N–H and O–H groups in total. The number of benzene rings is 3. The number of carbonyl (C=O) groups excluding carboxylic acids is 2. The number of anilines is 2. The molecule has 2 amide bonds. The van der Waals surface area contributed by atoms with Gasteiger partial charge < -0.3 is 15.4 Å². The summed E-state index contributed by atoms with van der Waals surface area (Å²) in [5.74, 6) is -0.341. The summed E-state index contributed by atoms with van der Waals surface area (Å²) >= 11 is 0. The lowest BCUT2D eigenvalue weighted by Crippen LogP contribution is -2.20. The van der Waals surface area contributed by atoms with Crippen molar-refractivity contribution in [2.24, 2.45) is 0 Å². The molecule has 6 nitrogen and oxygen atoms in total. The van der Waals surface area contributed by atoms with Crippen molar-refractivity contribution in [1.29, 1.82) is 5.26 Å². The highest BCUT2D eigenvalue weighted by Gasteiger charge is 2.10. The van der Waals surface area contributed by atoms with Crippen LogP contribution in [0.3, 0.4) is 0 Å². The number of carbonyl (C=O) groups is 2. The predicted molar refractivity (Wildman–Crippen MR) is 116 cm³/mol. The van der Waals surface area contributed by atoms with Crippen molar-refractivity contribution >= 4 is 29.3 Å². The molecule has 0 bridgehead atoms. The van der Waals surface area contributed by atoms with Gasteiger partial charge in [-0.3, -0.25) is 9.59 Å². The van der Waals surface area contributed by atoms with Crippen LogP contribution in [0.4, 0.5) is 11.4 Å². The van der Waals surface area contributed by atoms with Crippen LogP contribution in [0, 0.1) is 11.3 Å². The normalized spacial score (nSPS) is 10.6. The topological polar surface area (TPSA) is 91.2 Å². The molecule has 0 aliphatic carbocycles. The maximum Gasteiger partial charge on any atom is 0.266 e. The van der Waals surface area contributed by atoms with E-state index >= 15 is 0 Å². The summed E-state index contributed by atoms with van der Waals surface area (Å²) < 4.78 is 5.53. The molecule has 3 rings (SSSR count). The summed E-state index contributed by atoms with van der Waals surface area (Å²) in [5, 5.41) is 14.8. The molecule has 0 aliphatic rings. The molecule has 0 saturated heterocycles. The van der Waals surface area contributed by atoms with Crippen LogP contribution < -0.4 is 15.4 Å². The van der Waals surface area contributed by atoms with Gasteiger partial charge in [-0.15, -0.1) is 0 Å². The highest BCUT2D eigenvalue weighted by atomic mass is 16.5. The Morgan fingerprint density at radius 2 is 1.50 bits per heavy atom. The zero-order chi connectivity index (χ0) is 21.2. The fourth-order valence-electron chi connectivity index (χ4n) is 2.60. The Kier molecular flexibility index (Phi) is 6.96. The molecule has 0 heterocycles. The van der Waals surface area contributed by atoms with Crippen molar-refractivity contribution in [3.05, 3.63) is 96.1 Å². The van der Waals surface area contributed by atoms with E-state index in [9.17, 15) is 14.9 Å². The molecule has 0 aromatic heterocycles. The van der Waals surface area contributed by atoms with Crippen LogP contribution in [0.2, 0.25) is 0 Å². The summed E-state index contributed by atoms with van der Waals surface area (Å²) in [4.78, 5) is 24.3. The Bertz CT molecular complexity index is 1090. The van der Waals surface area contributed by atoms with E-state index in [2.05, 4.69) is 10.6 Å². The number of hydrogen-bond acceptors (Lipinski definition) is 4. The Labute approximate surface area is 174 Å². The van der Waals surface area contributed by atoms with Gasteiger partial charge in [0.2, 0.25) is 0 Å². The lowest BCUT2D eigenvalue weighted by molar-refractivity contribution is -0.118. The second kappa shape index (κ2) is 10.2. The van der Waals surface area contributed by atoms with Crippen molar-refractivity contribution in [2.75, 3.05) is 17.2 Å². The van der Waals surface area contributed by atoms with Crippen molar-refractivity contribution in [2.45, 2.75) is 0 Å². The van der Waals surface area contributed by atoms with Crippen LogP contribution in [0.25, 0.3) is 6.08 Å². The highest BCUT2D eigenvalue weighted by Crippen LogP contribution is 2.17. The lowest BCUT2D eigenvalue weighted by atomic mass is 10.1. The Morgan fingerprint density at radius 1 is 0.867 bits per heavy atom. The molecule has 3 aromatic carbocycles. The number of nitriles is 1. The average molecular weight is 397 g/mol. The minimum atomic E-state index is -0.503. The maximum absolute atomic E-state index is 12.3. The van der Waals surface area contributed by atoms with Crippen molar-refractivity contribution < 1.29 is 14.3 Å². The van der Waals surface area contributed by atoms with Gasteiger partial charge in [0.05, 0.1) is 0 Å². The molecule has 0 atom stereocenters. The Morgan fingerprint density at radius 3 is 2.13 bits per heavy atom. The van der Waals surface area contributed by atoms with Gasteiger partial charge in [-0.25, -0.2) is 0 Å². The molecular weight excluding hydrogens is 378 g/mol. The van der Waals surface area contributed by atoms with Crippen LogP contribution in [-0.2, 0) is 9.59 Å². The van der Waals surface area contributed by atoms with E-state index in [1.54, 1.807) is 60.7 Å². The number of nitrogens with one attached hydrogen (secondary N) is 2. The zero-order valence-electron chi connectivity index (χ0n) is 16.0. The van der Waals surface area contributed by atoms with Gasteiger partial charge in [0.1, 0.15) is 17.4 Å². The summed E-state index contributed by atoms with van der Waals surface area (Å²) in [6.45, 7) is -0.165. The van der Waals surface area contributed by atoms with Gasteiger partial charge in [0.15, 0.2) is 6.61 Å². The number of hydrogen-bond donors (Lipinski definition) is 2.